The maximum absolute atomic E-state index is 12.9. The molecule has 0 radical (unpaired) electrons. The van der Waals surface area contributed by atoms with Gasteiger partial charge in [-0.3, -0.25) is 4.79 Å². The van der Waals surface area contributed by atoms with Gasteiger partial charge in [-0.1, -0.05) is 0 Å². The Balaban J connectivity index is 2.13. The summed E-state index contributed by atoms with van der Waals surface area (Å²) in [4.78, 5) is 16.5. The molecule has 0 aliphatic carbocycles. The lowest BCUT2D eigenvalue weighted by Gasteiger charge is -2.12. The Morgan fingerprint density at radius 2 is 1.92 bits per heavy atom. The highest BCUT2D eigenvalue weighted by atomic mass is 19.4. The summed E-state index contributed by atoms with van der Waals surface area (Å²) in [6.07, 6.45) is -1.12. The number of halogens is 3. The SMILES string of the molecule is N#Cc1cc(-n2ncc(C(N)=O)c2CC(F)(F)F)cnc1-n1nccn1. The molecular weight excluding hydrogens is 353 g/mol. The van der Waals surface area contributed by atoms with E-state index in [0.717, 1.165) is 15.7 Å². The van der Waals surface area contributed by atoms with Gasteiger partial charge >= 0.3 is 6.18 Å². The second kappa shape index (κ2) is 6.28. The molecule has 3 aromatic rings. The van der Waals surface area contributed by atoms with Crippen molar-refractivity contribution in [1.82, 2.24) is 29.8 Å². The summed E-state index contributed by atoms with van der Waals surface area (Å²) < 4.78 is 39.5. The monoisotopic (exact) mass is 362 g/mol. The van der Waals surface area contributed by atoms with Crippen LogP contribution in [-0.4, -0.2) is 41.8 Å². The fourth-order valence-corrected chi connectivity index (χ4v) is 2.29. The Labute approximate surface area is 143 Å². The number of pyridine rings is 1. The zero-order valence-corrected chi connectivity index (χ0v) is 12.8. The van der Waals surface area contributed by atoms with Crippen molar-refractivity contribution < 1.29 is 18.0 Å². The second-order valence-corrected chi connectivity index (χ2v) is 5.07. The molecule has 0 saturated carbocycles. The highest BCUT2D eigenvalue weighted by Gasteiger charge is 2.33. The number of alkyl halides is 3. The number of nitrogens with zero attached hydrogens (tertiary/aromatic N) is 7. The third-order valence-corrected chi connectivity index (χ3v) is 3.33. The van der Waals surface area contributed by atoms with Crippen LogP contribution in [0.15, 0.2) is 30.9 Å². The number of hydrogen-bond acceptors (Lipinski definition) is 6. The number of carbonyl (C=O) groups excluding carboxylic acids is 1. The van der Waals surface area contributed by atoms with E-state index in [9.17, 15) is 23.2 Å². The van der Waals surface area contributed by atoms with E-state index in [2.05, 4.69) is 20.3 Å². The first-order chi connectivity index (χ1) is 12.3. The number of rotatable bonds is 4. The van der Waals surface area contributed by atoms with Gasteiger partial charge in [-0.15, -0.1) is 4.80 Å². The average molecular weight is 362 g/mol. The van der Waals surface area contributed by atoms with Crippen molar-refractivity contribution >= 4 is 5.91 Å². The van der Waals surface area contributed by atoms with E-state index < -0.39 is 24.2 Å². The Hall–Kier alpha value is -3.75. The third-order valence-electron chi connectivity index (χ3n) is 3.33. The van der Waals surface area contributed by atoms with Crippen LogP contribution in [0.3, 0.4) is 0 Å². The molecule has 0 spiro atoms. The Morgan fingerprint density at radius 3 is 2.50 bits per heavy atom. The average Bonchev–Trinajstić information content (AvgIpc) is 3.22. The van der Waals surface area contributed by atoms with Crippen molar-refractivity contribution in [2.75, 3.05) is 0 Å². The van der Waals surface area contributed by atoms with Gasteiger partial charge in [0.25, 0.3) is 5.91 Å². The number of aromatic nitrogens is 6. The molecule has 3 aromatic heterocycles. The van der Waals surface area contributed by atoms with E-state index in [0.29, 0.717) is 0 Å². The highest BCUT2D eigenvalue weighted by Crippen LogP contribution is 2.26. The van der Waals surface area contributed by atoms with E-state index in [4.69, 9.17) is 5.73 Å². The number of carbonyl (C=O) groups is 1. The molecular formula is C14H9F3N8O. The summed E-state index contributed by atoms with van der Waals surface area (Å²) in [5, 5.41) is 20.8. The Morgan fingerprint density at radius 1 is 1.23 bits per heavy atom. The van der Waals surface area contributed by atoms with Crippen LogP contribution < -0.4 is 5.73 Å². The number of nitriles is 1. The van der Waals surface area contributed by atoms with Crippen LogP contribution in [0.2, 0.25) is 0 Å². The lowest BCUT2D eigenvalue weighted by atomic mass is 10.1. The van der Waals surface area contributed by atoms with Gasteiger partial charge in [0.2, 0.25) is 0 Å². The zero-order chi connectivity index (χ0) is 18.9. The predicted octanol–water partition coefficient (Wildman–Crippen LogP) is 0.923. The molecule has 1 amide bonds. The smallest absolute Gasteiger partial charge is 0.365 e. The summed E-state index contributed by atoms with van der Waals surface area (Å²) in [5.74, 6) is -0.942. The Bertz CT molecular complexity index is 1000. The van der Waals surface area contributed by atoms with Crippen LogP contribution in [-0.2, 0) is 6.42 Å². The first kappa shape index (κ1) is 17.1. The molecule has 0 bridgehead atoms. The van der Waals surface area contributed by atoms with Gasteiger partial charge in [0.1, 0.15) is 11.6 Å². The molecule has 0 unspecified atom stereocenters. The minimum atomic E-state index is -4.59. The van der Waals surface area contributed by atoms with Crippen LogP contribution in [0, 0.1) is 11.3 Å². The molecule has 3 rings (SSSR count). The van der Waals surface area contributed by atoms with Crippen LogP contribution in [0.5, 0.6) is 0 Å². The standard InChI is InChI=1S/C14H9F3N8O/c15-14(16,17)4-11-10(12(19)26)7-23-24(11)9-3-8(5-18)13(20-6-9)25-21-1-2-22-25/h1-3,6-7H,4H2,(H2,19,26). The quantitative estimate of drug-likeness (QED) is 0.735. The van der Waals surface area contributed by atoms with Gasteiger partial charge in [-0.25, -0.2) is 9.67 Å². The number of primary amides is 1. The van der Waals surface area contributed by atoms with Gasteiger partial charge in [0, 0.05) is 0 Å². The highest BCUT2D eigenvalue weighted by molar-refractivity contribution is 5.93. The third kappa shape index (κ3) is 3.22. The van der Waals surface area contributed by atoms with Crippen molar-refractivity contribution in [3.8, 4) is 17.6 Å². The zero-order valence-electron chi connectivity index (χ0n) is 12.8. The van der Waals surface area contributed by atoms with Gasteiger partial charge in [0.05, 0.1) is 48.2 Å². The van der Waals surface area contributed by atoms with E-state index in [1.165, 1.54) is 24.7 Å². The molecule has 0 aliphatic rings. The molecule has 2 N–H and O–H groups in total. The molecule has 3 heterocycles. The summed E-state index contributed by atoms with van der Waals surface area (Å²) in [5.41, 5.74) is 4.38. The normalized spacial score (nSPS) is 11.3. The summed E-state index contributed by atoms with van der Waals surface area (Å²) in [7, 11) is 0. The minimum absolute atomic E-state index is 0.00721. The van der Waals surface area contributed by atoms with Gasteiger partial charge in [-0.2, -0.15) is 33.7 Å². The van der Waals surface area contributed by atoms with Crippen molar-refractivity contribution in [2.45, 2.75) is 12.6 Å². The van der Waals surface area contributed by atoms with Crippen LogP contribution >= 0.6 is 0 Å². The first-order valence-corrected chi connectivity index (χ1v) is 7.01. The fourth-order valence-electron chi connectivity index (χ4n) is 2.29. The van der Waals surface area contributed by atoms with Gasteiger partial charge in [-0.05, 0) is 6.07 Å². The van der Waals surface area contributed by atoms with Crippen molar-refractivity contribution in [3.05, 3.63) is 47.7 Å². The summed E-state index contributed by atoms with van der Waals surface area (Å²) in [6.45, 7) is 0. The number of nitrogens with two attached hydrogens (primary N) is 1. The molecule has 12 heteroatoms. The van der Waals surface area contributed by atoms with E-state index in [1.807, 2.05) is 6.07 Å². The topological polar surface area (TPSA) is 128 Å². The minimum Gasteiger partial charge on any atom is -0.365 e. The van der Waals surface area contributed by atoms with Crippen molar-refractivity contribution in [1.29, 1.82) is 5.26 Å². The molecule has 9 nitrogen and oxygen atoms in total. The van der Waals surface area contributed by atoms with E-state index in [1.54, 1.807) is 0 Å². The lowest BCUT2D eigenvalue weighted by Crippen LogP contribution is -2.20. The molecule has 26 heavy (non-hydrogen) atoms. The maximum Gasteiger partial charge on any atom is 0.394 e. The molecule has 0 aliphatic heterocycles. The number of amides is 1. The molecule has 0 saturated heterocycles. The number of hydrogen-bond donors (Lipinski definition) is 1. The lowest BCUT2D eigenvalue weighted by molar-refractivity contribution is -0.128. The van der Waals surface area contributed by atoms with E-state index in [-0.39, 0.29) is 22.6 Å². The summed E-state index contributed by atoms with van der Waals surface area (Å²) in [6, 6.07) is 3.14. The Kier molecular flexibility index (Phi) is 4.13. The van der Waals surface area contributed by atoms with Crippen LogP contribution in [0.4, 0.5) is 13.2 Å². The largest absolute Gasteiger partial charge is 0.394 e. The fraction of sp³-hybridized carbons (Fsp3) is 0.143. The molecule has 0 aromatic carbocycles. The van der Waals surface area contributed by atoms with Crippen LogP contribution in [0.1, 0.15) is 21.6 Å². The molecule has 0 atom stereocenters. The first-order valence-electron chi connectivity index (χ1n) is 7.01. The van der Waals surface area contributed by atoms with E-state index >= 15 is 0 Å². The van der Waals surface area contributed by atoms with Crippen molar-refractivity contribution in [3.63, 3.8) is 0 Å². The van der Waals surface area contributed by atoms with Gasteiger partial charge in [0.15, 0.2) is 5.82 Å². The van der Waals surface area contributed by atoms with Gasteiger partial charge < -0.3 is 5.73 Å². The maximum atomic E-state index is 12.9. The van der Waals surface area contributed by atoms with Crippen molar-refractivity contribution in [2.24, 2.45) is 5.73 Å². The van der Waals surface area contributed by atoms with Crippen LogP contribution in [0.25, 0.3) is 11.5 Å². The summed E-state index contributed by atoms with van der Waals surface area (Å²) >= 11 is 0. The molecule has 132 valence electrons. The predicted molar refractivity (Wildman–Crippen MR) is 79.3 cm³/mol. The second-order valence-electron chi connectivity index (χ2n) is 5.07. The molecule has 0 fully saturated rings.